The number of piperidine rings is 1. The fourth-order valence-corrected chi connectivity index (χ4v) is 4.17. The van der Waals surface area contributed by atoms with Crippen molar-refractivity contribution in [3.05, 3.63) is 70.8 Å². The van der Waals surface area contributed by atoms with Crippen LogP contribution in [-0.2, 0) is 6.42 Å². The Kier molecular flexibility index (Phi) is 5.93. The van der Waals surface area contributed by atoms with Crippen molar-refractivity contribution in [3.63, 3.8) is 0 Å². The Bertz CT molecular complexity index is 653. The highest BCUT2D eigenvalue weighted by Crippen LogP contribution is 2.28. The summed E-state index contributed by atoms with van der Waals surface area (Å²) in [5.74, 6) is 0.768. The van der Waals surface area contributed by atoms with E-state index in [0.717, 1.165) is 24.6 Å². The van der Waals surface area contributed by atoms with Crippen LogP contribution < -0.4 is 0 Å². The number of benzene rings is 2. The first kappa shape index (κ1) is 18.2. The predicted molar refractivity (Wildman–Crippen MR) is 105 cm³/mol. The van der Waals surface area contributed by atoms with Gasteiger partial charge in [0.15, 0.2) is 0 Å². The summed E-state index contributed by atoms with van der Waals surface area (Å²) in [6.45, 7) is 8.53. The van der Waals surface area contributed by atoms with Crippen LogP contribution in [0.3, 0.4) is 0 Å². The molecule has 0 spiro atoms. The summed E-state index contributed by atoms with van der Waals surface area (Å²) in [4.78, 5) is 2.46. The molecule has 0 amide bonds. The van der Waals surface area contributed by atoms with Crippen LogP contribution in [0.25, 0.3) is 0 Å². The van der Waals surface area contributed by atoms with E-state index in [1.54, 1.807) is 0 Å². The highest BCUT2D eigenvalue weighted by atomic mass is 16.3. The van der Waals surface area contributed by atoms with Crippen molar-refractivity contribution in [3.8, 4) is 0 Å². The number of aliphatic hydroxyl groups excluding tert-OH is 1. The van der Waals surface area contributed by atoms with Crippen LogP contribution in [0.2, 0.25) is 0 Å². The maximum atomic E-state index is 10.8. The Morgan fingerprint density at radius 1 is 1.00 bits per heavy atom. The summed E-state index contributed by atoms with van der Waals surface area (Å²) in [6.07, 6.45) is 3.21. The van der Waals surface area contributed by atoms with Crippen LogP contribution in [0.15, 0.2) is 48.5 Å². The zero-order valence-electron chi connectivity index (χ0n) is 15.8. The van der Waals surface area contributed by atoms with E-state index in [9.17, 15) is 5.11 Å². The highest BCUT2D eigenvalue weighted by molar-refractivity contribution is 5.30. The molecule has 1 N–H and O–H groups in total. The molecule has 1 aliphatic rings. The molecule has 0 saturated carbocycles. The average Bonchev–Trinajstić information content (AvgIpc) is 2.61. The van der Waals surface area contributed by atoms with Gasteiger partial charge in [0, 0.05) is 6.04 Å². The lowest BCUT2D eigenvalue weighted by Gasteiger charge is -2.38. The first-order chi connectivity index (χ1) is 12.0. The van der Waals surface area contributed by atoms with Gasteiger partial charge in [0.2, 0.25) is 0 Å². The molecule has 1 fully saturated rings. The zero-order valence-corrected chi connectivity index (χ0v) is 15.8. The summed E-state index contributed by atoms with van der Waals surface area (Å²) in [6, 6.07) is 17.4. The van der Waals surface area contributed by atoms with Gasteiger partial charge in [-0.2, -0.15) is 0 Å². The molecule has 3 rings (SSSR count). The van der Waals surface area contributed by atoms with Crippen molar-refractivity contribution in [1.82, 2.24) is 4.90 Å². The van der Waals surface area contributed by atoms with Crippen LogP contribution in [0.5, 0.6) is 0 Å². The van der Waals surface area contributed by atoms with Crippen LogP contribution in [0, 0.1) is 19.8 Å². The molecule has 2 nitrogen and oxygen atoms in total. The van der Waals surface area contributed by atoms with Gasteiger partial charge in [-0.05, 0) is 70.2 Å². The summed E-state index contributed by atoms with van der Waals surface area (Å²) >= 11 is 0. The Morgan fingerprint density at radius 2 is 1.60 bits per heavy atom. The van der Waals surface area contributed by atoms with E-state index in [-0.39, 0.29) is 6.04 Å². The van der Waals surface area contributed by atoms with Gasteiger partial charge in [-0.15, -0.1) is 0 Å². The molecule has 0 bridgehead atoms. The van der Waals surface area contributed by atoms with Gasteiger partial charge >= 0.3 is 0 Å². The predicted octanol–water partition coefficient (Wildman–Crippen LogP) is 4.68. The third kappa shape index (κ3) is 4.71. The van der Waals surface area contributed by atoms with Crippen LogP contribution in [0.4, 0.5) is 0 Å². The number of aryl methyl sites for hydroxylation is 2. The molecule has 0 aromatic heterocycles. The maximum Gasteiger partial charge on any atom is 0.0942 e. The lowest BCUT2D eigenvalue weighted by molar-refractivity contribution is 0.0373. The zero-order chi connectivity index (χ0) is 17.8. The van der Waals surface area contributed by atoms with Crippen LogP contribution in [0.1, 0.15) is 48.1 Å². The topological polar surface area (TPSA) is 23.5 Å². The normalized spacial score (nSPS) is 18.9. The van der Waals surface area contributed by atoms with Crippen LogP contribution >= 0.6 is 0 Å². The molecular weight excluding hydrogens is 306 g/mol. The van der Waals surface area contributed by atoms with E-state index in [0.29, 0.717) is 0 Å². The maximum absolute atomic E-state index is 10.8. The van der Waals surface area contributed by atoms with E-state index >= 15 is 0 Å². The molecule has 1 aliphatic heterocycles. The number of nitrogens with zero attached hydrogens (tertiary/aromatic N) is 1. The fourth-order valence-electron chi connectivity index (χ4n) is 4.17. The van der Waals surface area contributed by atoms with E-state index in [2.05, 4.69) is 74.2 Å². The van der Waals surface area contributed by atoms with Crippen LogP contribution in [-0.4, -0.2) is 29.1 Å². The van der Waals surface area contributed by atoms with Gasteiger partial charge < -0.3 is 5.11 Å². The number of aliphatic hydroxyl groups is 1. The Labute approximate surface area is 152 Å². The van der Waals surface area contributed by atoms with Crippen molar-refractivity contribution in [2.45, 2.75) is 52.2 Å². The first-order valence-corrected chi connectivity index (χ1v) is 9.57. The molecule has 0 aliphatic carbocycles. The lowest BCUT2D eigenvalue weighted by Crippen LogP contribution is -2.43. The minimum absolute atomic E-state index is 0.166. The molecular formula is C23H31NO. The second kappa shape index (κ2) is 8.16. The standard InChI is InChI=1S/C23H31NO/c1-17-13-18(2)15-22(14-17)23(25)19(3)24-11-9-21(10-12-24)16-20-7-5-4-6-8-20/h4-8,13-15,19,21,23,25H,9-12,16H2,1-3H3. The molecule has 2 aromatic carbocycles. The monoisotopic (exact) mass is 337 g/mol. The second-order valence-corrected chi connectivity index (χ2v) is 7.78. The SMILES string of the molecule is Cc1cc(C)cc(C(O)C(C)N2CCC(Cc3ccccc3)CC2)c1. The molecule has 25 heavy (non-hydrogen) atoms. The Balaban J connectivity index is 1.56. The smallest absolute Gasteiger partial charge is 0.0942 e. The van der Waals surface area contributed by atoms with E-state index in [1.165, 1.54) is 36.0 Å². The highest BCUT2D eigenvalue weighted by Gasteiger charge is 2.27. The lowest BCUT2D eigenvalue weighted by atomic mass is 9.88. The fraction of sp³-hybridized carbons (Fsp3) is 0.478. The quantitative estimate of drug-likeness (QED) is 0.856. The summed E-state index contributed by atoms with van der Waals surface area (Å²) < 4.78 is 0. The van der Waals surface area contributed by atoms with Crippen molar-refractivity contribution < 1.29 is 5.11 Å². The van der Waals surface area contributed by atoms with Gasteiger partial charge in [0.1, 0.15) is 0 Å². The summed E-state index contributed by atoms with van der Waals surface area (Å²) in [5.41, 5.74) is 4.95. The van der Waals surface area contributed by atoms with Crippen molar-refractivity contribution >= 4 is 0 Å². The summed E-state index contributed by atoms with van der Waals surface area (Å²) in [5, 5.41) is 10.8. The minimum atomic E-state index is -0.413. The number of likely N-dealkylation sites (tertiary alicyclic amines) is 1. The number of hydrogen-bond donors (Lipinski definition) is 1. The summed E-state index contributed by atoms with van der Waals surface area (Å²) in [7, 11) is 0. The molecule has 2 aromatic rings. The van der Waals surface area contributed by atoms with E-state index < -0.39 is 6.10 Å². The molecule has 1 heterocycles. The minimum Gasteiger partial charge on any atom is -0.387 e. The second-order valence-electron chi connectivity index (χ2n) is 7.78. The van der Waals surface area contributed by atoms with E-state index in [4.69, 9.17) is 0 Å². The largest absolute Gasteiger partial charge is 0.387 e. The van der Waals surface area contributed by atoms with Gasteiger partial charge in [-0.3, -0.25) is 4.90 Å². The van der Waals surface area contributed by atoms with Gasteiger partial charge in [-0.1, -0.05) is 59.7 Å². The van der Waals surface area contributed by atoms with E-state index in [1.807, 2.05) is 0 Å². The Hall–Kier alpha value is -1.64. The first-order valence-electron chi connectivity index (χ1n) is 9.57. The third-order valence-corrected chi connectivity index (χ3v) is 5.63. The molecule has 134 valence electrons. The molecule has 2 unspecified atom stereocenters. The number of hydrogen-bond acceptors (Lipinski definition) is 2. The number of rotatable bonds is 5. The molecule has 2 atom stereocenters. The van der Waals surface area contributed by atoms with Gasteiger partial charge in [-0.25, -0.2) is 0 Å². The molecule has 2 heteroatoms. The molecule has 0 radical (unpaired) electrons. The van der Waals surface area contributed by atoms with Crippen molar-refractivity contribution in [2.24, 2.45) is 5.92 Å². The van der Waals surface area contributed by atoms with Crippen molar-refractivity contribution in [1.29, 1.82) is 0 Å². The van der Waals surface area contributed by atoms with Gasteiger partial charge in [0.25, 0.3) is 0 Å². The van der Waals surface area contributed by atoms with Crippen molar-refractivity contribution in [2.75, 3.05) is 13.1 Å². The third-order valence-electron chi connectivity index (χ3n) is 5.63. The van der Waals surface area contributed by atoms with Gasteiger partial charge in [0.05, 0.1) is 6.10 Å². The Morgan fingerprint density at radius 3 is 2.20 bits per heavy atom. The average molecular weight is 338 g/mol. The molecule has 1 saturated heterocycles.